The van der Waals surface area contributed by atoms with E-state index in [1.807, 2.05) is 43.3 Å². The number of halogens is 2. The van der Waals surface area contributed by atoms with Crippen LogP contribution in [-0.2, 0) is 0 Å². The molecule has 0 aliphatic heterocycles. The summed E-state index contributed by atoms with van der Waals surface area (Å²) in [6, 6.07) is 11.5. The quantitative estimate of drug-likeness (QED) is 0.648. The van der Waals surface area contributed by atoms with Gasteiger partial charge >= 0.3 is 0 Å². The Morgan fingerprint density at radius 2 is 2.04 bits per heavy atom. The smallest absolute Gasteiger partial charge is 0.159 e. The van der Waals surface area contributed by atoms with Gasteiger partial charge in [-0.25, -0.2) is 4.68 Å². The van der Waals surface area contributed by atoms with Crippen LogP contribution in [0.4, 0.5) is 0 Å². The molecule has 0 aliphatic carbocycles. The molecule has 0 bridgehead atoms. The van der Waals surface area contributed by atoms with Crippen molar-refractivity contribution in [1.82, 2.24) is 15.0 Å². The number of benzene rings is 2. The minimum absolute atomic E-state index is 0.219. The van der Waals surface area contributed by atoms with Crippen molar-refractivity contribution in [2.24, 2.45) is 0 Å². The molecule has 0 saturated heterocycles. The molecule has 0 saturated carbocycles. The number of hydrogen-bond acceptors (Lipinski definition) is 4. The highest BCUT2D eigenvalue weighted by atomic mass is 79.9. The molecule has 23 heavy (non-hydrogen) atoms. The highest BCUT2D eigenvalue weighted by molar-refractivity contribution is 9.11. The Kier molecular flexibility index (Phi) is 4.99. The number of rotatable bonds is 5. The van der Waals surface area contributed by atoms with E-state index in [0.717, 1.165) is 25.7 Å². The molecule has 0 amide bonds. The number of ether oxygens (including phenoxy) is 1. The van der Waals surface area contributed by atoms with Crippen LogP contribution in [0.15, 0.2) is 45.3 Å². The Morgan fingerprint density at radius 3 is 2.83 bits per heavy atom. The fourth-order valence-corrected chi connectivity index (χ4v) is 3.51. The lowest BCUT2D eigenvalue weighted by Gasteiger charge is -2.16. The van der Waals surface area contributed by atoms with Crippen molar-refractivity contribution >= 4 is 42.9 Å². The van der Waals surface area contributed by atoms with Crippen molar-refractivity contribution in [3.05, 3.63) is 45.3 Å². The van der Waals surface area contributed by atoms with Crippen molar-refractivity contribution in [2.45, 2.75) is 19.4 Å². The number of nitrogens with zero attached hydrogens (tertiary/aromatic N) is 3. The molecule has 1 aromatic heterocycles. The van der Waals surface area contributed by atoms with Crippen molar-refractivity contribution < 1.29 is 9.84 Å². The second-order valence-electron chi connectivity index (χ2n) is 5.10. The zero-order chi connectivity index (χ0) is 16.4. The van der Waals surface area contributed by atoms with Crippen LogP contribution in [0, 0.1) is 0 Å². The number of aliphatic hydroxyl groups excluding tert-OH is 1. The maximum absolute atomic E-state index is 9.77. The molecule has 120 valence electrons. The summed E-state index contributed by atoms with van der Waals surface area (Å²) in [7, 11) is 0. The molecule has 0 aliphatic rings. The van der Waals surface area contributed by atoms with Gasteiger partial charge in [0.2, 0.25) is 0 Å². The largest absolute Gasteiger partial charge is 0.487 e. The van der Waals surface area contributed by atoms with E-state index >= 15 is 0 Å². The van der Waals surface area contributed by atoms with E-state index in [1.54, 1.807) is 4.68 Å². The average molecular weight is 441 g/mol. The van der Waals surface area contributed by atoms with Crippen LogP contribution in [0.3, 0.4) is 0 Å². The molecule has 1 heterocycles. The molecule has 1 N–H and O–H groups in total. The highest BCUT2D eigenvalue weighted by Gasteiger charge is 2.16. The molecule has 1 unspecified atom stereocenters. The Balaban J connectivity index is 2.10. The van der Waals surface area contributed by atoms with Crippen LogP contribution in [-0.4, -0.2) is 32.8 Å². The first-order valence-corrected chi connectivity index (χ1v) is 8.79. The van der Waals surface area contributed by atoms with Gasteiger partial charge in [0.25, 0.3) is 0 Å². The van der Waals surface area contributed by atoms with Crippen molar-refractivity contribution in [1.29, 1.82) is 0 Å². The Morgan fingerprint density at radius 1 is 1.26 bits per heavy atom. The van der Waals surface area contributed by atoms with Gasteiger partial charge in [-0.3, -0.25) is 0 Å². The Labute approximate surface area is 150 Å². The summed E-state index contributed by atoms with van der Waals surface area (Å²) in [5, 5.41) is 18.2. The standard InChI is InChI=1S/C16H15Br2N3O2/c1-2-11(22)9-23-16-12(18)7-10(17)8-15(16)21-14-6-4-3-5-13(14)19-20-21/h3-8,11,22H,2,9H2,1H3. The van der Waals surface area contributed by atoms with Crippen LogP contribution < -0.4 is 4.74 Å². The lowest BCUT2D eigenvalue weighted by Crippen LogP contribution is -2.17. The number of aliphatic hydroxyl groups is 1. The zero-order valence-corrected chi connectivity index (χ0v) is 15.6. The van der Waals surface area contributed by atoms with E-state index in [-0.39, 0.29) is 6.61 Å². The molecular weight excluding hydrogens is 426 g/mol. The Hall–Kier alpha value is -1.44. The highest BCUT2D eigenvalue weighted by Crippen LogP contribution is 2.36. The van der Waals surface area contributed by atoms with Gasteiger partial charge in [-0.1, -0.05) is 40.2 Å². The summed E-state index contributed by atoms with van der Waals surface area (Å²) in [6.45, 7) is 2.13. The van der Waals surface area contributed by atoms with Crippen LogP contribution >= 0.6 is 31.9 Å². The fourth-order valence-electron chi connectivity index (χ4n) is 2.19. The van der Waals surface area contributed by atoms with Gasteiger partial charge in [0.1, 0.15) is 17.8 Å². The first-order chi connectivity index (χ1) is 11.1. The molecule has 0 spiro atoms. The van der Waals surface area contributed by atoms with Gasteiger partial charge in [-0.05, 0) is 46.6 Å². The minimum Gasteiger partial charge on any atom is -0.487 e. The van der Waals surface area contributed by atoms with E-state index in [1.165, 1.54) is 0 Å². The molecule has 0 fully saturated rings. The molecule has 3 rings (SSSR count). The SMILES string of the molecule is CCC(O)COc1c(Br)cc(Br)cc1-n1nnc2ccccc21. The molecule has 3 aromatic rings. The second-order valence-corrected chi connectivity index (χ2v) is 6.87. The van der Waals surface area contributed by atoms with Crippen LogP contribution in [0.25, 0.3) is 16.7 Å². The summed E-state index contributed by atoms with van der Waals surface area (Å²) in [5.41, 5.74) is 2.45. The second kappa shape index (κ2) is 6.98. The normalized spacial score (nSPS) is 12.5. The fraction of sp³-hybridized carbons (Fsp3) is 0.250. The number of hydrogen-bond donors (Lipinski definition) is 1. The van der Waals surface area contributed by atoms with E-state index in [0.29, 0.717) is 12.2 Å². The van der Waals surface area contributed by atoms with Gasteiger partial charge in [0.05, 0.1) is 16.1 Å². The van der Waals surface area contributed by atoms with Gasteiger partial charge < -0.3 is 9.84 Å². The molecule has 7 heteroatoms. The maximum Gasteiger partial charge on any atom is 0.159 e. The summed E-state index contributed by atoms with van der Waals surface area (Å²) in [4.78, 5) is 0. The number of para-hydroxylation sites is 1. The minimum atomic E-state index is -0.508. The van der Waals surface area contributed by atoms with Crippen LogP contribution in [0.1, 0.15) is 13.3 Å². The van der Waals surface area contributed by atoms with E-state index in [2.05, 4.69) is 42.2 Å². The van der Waals surface area contributed by atoms with Crippen molar-refractivity contribution in [3.8, 4) is 11.4 Å². The molecule has 5 nitrogen and oxygen atoms in total. The maximum atomic E-state index is 9.77. The average Bonchev–Trinajstić information content (AvgIpc) is 2.97. The lowest BCUT2D eigenvalue weighted by molar-refractivity contribution is 0.104. The van der Waals surface area contributed by atoms with Crippen molar-refractivity contribution in [3.63, 3.8) is 0 Å². The summed E-state index contributed by atoms with van der Waals surface area (Å²) < 4.78 is 9.25. The predicted molar refractivity (Wildman–Crippen MR) is 96.1 cm³/mol. The van der Waals surface area contributed by atoms with Gasteiger partial charge in [0, 0.05) is 4.47 Å². The van der Waals surface area contributed by atoms with E-state index < -0.39 is 6.10 Å². The molecular formula is C16H15Br2N3O2. The van der Waals surface area contributed by atoms with Crippen LogP contribution in [0.5, 0.6) is 5.75 Å². The third kappa shape index (κ3) is 3.41. The van der Waals surface area contributed by atoms with Gasteiger partial charge in [-0.2, -0.15) is 0 Å². The predicted octanol–water partition coefficient (Wildman–Crippen LogP) is 4.10. The van der Waals surface area contributed by atoms with E-state index in [4.69, 9.17) is 4.74 Å². The molecule has 0 radical (unpaired) electrons. The summed E-state index contributed by atoms with van der Waals surface area (Å²) >= 11 is 7.02. The third-order valence-electron chi connectivity index (χ3n) is 3.46. The third-order valence-corrected chi connectivity index (χ3v) is 4.51. The number of aromatic nitrogens is 3. The van der Waals surface area contributed by atoms with Gasteiger partial charge in [-0.15, -0.1) is 5.10 Å². The van der Waals surface area contributed by atoms with E-state index in [9.17, 15) is 5.11 Å². The zero-order valence-electron chi connectivity index (χ0n) is 12.4. The first kappa shape index (κ1) is 16.4. The summed E-state index contributed by atoms with van der Waals surface area (Å²) in [5.74, 6) is 0.622. The number of fused-ring (bicyclic) bond motifs is 1. The molecule has 2 aromatic carbocycles. The Bertz CT molecular complexity index is 835. The monoisotopic (exact) mass is 439 g/mol. The van der Waals surface area contributed by atoms with Crippen LogP contribution in [0.2, 0.25) is 0 Å². The first-order valence-electron chi connectivity index (χ1n) is 7.21. The topological polar surface area (TPSA) is 60.2 Å². The molecule has 1 atom stereocenters. The lowest BCUT2D eigenvalue weighted by atomic mass is 10.2. The van der Waals surface area contributed by atoms with Gasteiger partial charge in [0.15, 0.2) is 5.75 Å². The van der Waals surface area contributed by atoms with Crippen molar-refractivity contribution in [2.75, 3.05) is 6.61 Å². The summed E-state index contributed by atoms with van der Waals surface area (Å²) in [6.07, 6.45) is 0.126.